The SMILES string of the molecule is OC(NC1CCCCC1)c1cccc(Nc2cc(Cc3cccc(C(F)(F)F)c3)ccn2)c1. The van der Waals surface area contributed by atoms with Gasteiger partial charge >= 0.3 is 6.18 Å². The predicted molar refractivity (Wildman–Crippen MR) is 123 cm³/mol. The highest BCUT2D eigenvalue weighted by molar-refractivity contribution is 5.58. The first kappa shape index (κ1) is 23.3. The van der Waals surface area contributed by atoms with Crippen LogP contribution in [0.25, 0.3) is 0 Å². The second-order valence-electron chi connectivity index (χ2n) is 8.58. The number of nitrogens with one attached hydrogen (secondary N) is 2. The van der Waals surface area contributed by atoms with Crippen molar-refractivity contribution in [3.05, 3.63) is 89.1 Å². The number of aliphatic hydroxyl groups is 1. The summed E-state index contributed by atoms with van der Waals surface area (Å²) in [6.07, 6.45) is 2.70. The van der Waals surface area contributed by atoms with Crippen molar-refractivity contribution in [1.82, 2.24) is 10.3 Å². The molecule has 0 bridgehead atoms. The summed E-state index contributed by atoms with van der Waals surface area (Å²) >= 11 is 0. The number of alkyl halides is 3. The standard InChI is InChI=1S/C26H28F3N3O/c27-26(28,29)21-8-4-6-18(15-21)14-19-12-13-30-24(16-19)31-23-11-5-7-20(17-23)25(33)32-22-9-2-1-3-10-22/h4-8,11-13,15-17,22,25,32-33H,1-3,9-10,14H2,(H,30,31). The molecular formula is C26H28F3N3O. The van der Waals surface area contributed by atoms with Crippen LogP contribution in [-0.2, 0) is 12.6 Å². The molecule has 1 aliphatic rings. The molecule has 1 fully saturated rings. The lowest BCUT2D eigenvalue weighted by Gasteiger charge is -2.26. The summed E-state index contributed by atoms with van der Waals surface area (Å²) in [4.78, 5) is 4.33. The van der Waals surface area contributed by atoms with E-state index in [-0.39, 0.29) is 0 Å². The minimum absolute atomic E-state index is 0.333. The second kappa shape index (κ2) is 10.4. The summed E-state index contributed by atoms with van der Waals surface area (Å²) in [5, 5.41) is 17.2. The number of aromatic nitrogens is 1. The maximum absolute atomic E-state index is 13.0. The molecule has 0 saturated heterocycles. The number of rotatable bonds is 7. The average Bonchev–Trinajstić information content (AvgIpc) is 2.80. The van der Waals surface area contributed by atoms with Crippen molar-refractivity contribution in [3.8, 4) is 0 Å². The Balaban J connectivity index is 1.43. The molecular weight excluding hydrogens is 427 g/mol. The van der Waals surface area contributed by atoms with Gasteiger partial charge in [0.1, 0.15) is 12.0 Å². The first-order valence-electron chi connectivity index (χ1n) is 11.3. The van der Waals surface area contributed by atoms with Gasteiger partial charge < -0.3 is 10.4 Å². The molecule has 4 nitrogen and oxygen atoms in total. The highest BCUT2D eigenvalue weighted by Gasteiger charge is 2.30. The topological polar surface area (TPSA) is 57.2 Å². The molecule has 0 radical (unpaired) electrons. The van der Waals surface area contributed by atoms with E-state index in [1.165, 1.54) is 31.4 Å². The third-order valence-corrected chi connectivity index (χ3v) is 5.96. The summed E-state index contributed by atoms with van der Waals surface area (Å²) in [5.74, 6) is 0.589. The third-order valence-electron chi connectivity index (χ3n) is 5.96. The first-order chi connectivity index (χ1) is 15.9. The third kappa shape index (κ3) is 6.55. The van der Waals surface area contributed by atoms with E-state index in [0.29, 0.717) is 23.8 Å². The van der Waals surface area contributed by atoms with Gasteiger partial charge in [-0.2, -0.15) is 13.2 Å². The molecule has 33 heavy (non-hydrogen) atoms. The van der Waals surface area contributed by atoms with E-state index in [2.05, 4.69) is 15.6 Å². The van der Waals surface area contributed by atoms with Gasteiger partial charge in [-0.15, -0.1) is 0 Å². The molecule has 1 heterocycles. The molecule has 1 atom stereocenters. The number of hydrogen-bond donors (Lipinski definition) is 3. The molecule has 3 aromatic rings. The van der Waals surface area contributed by atoms with Gasteiger partial charge in [-0.3, -0.25) is 5.32 Å². The Hall–Kier alpha value is -2.90. The molecule has 1 aliphatic carbocycles. The van der Waals surface area contributed by atoms with Gasteiger partial charge in [0.2, 0.25) is 0 Å². The minimum Gasteiger partial charge on any atom is -0.374 e. The molecule has 174 valence electrons. The van der Waals surface area contributed by atoms with Crippen molar-refractivity contribution in [1.29, 1.82) is 0 Å². The zero-order chi connectivity index (χ0) is 23.3. The molecule has 0 aliphatic heterocycles. The molecule has 7 heteroatoms. The summed E-state index contributed by atoms with van der Waals surface area (Å²) in [6.45, 7) is 0. The molecule has 2 aromatic carbocycles. The van der Waals surface area contributed by atoms with E-state index in [9.17, 15) is 18.3 Å². The Morgan fingerprint density at radius 1 is 0.939 bits per heavy atom. The number of hydrogen-bond acceptors (Lipinski definition) is 4. The number of anilines is 2. The zero-order valence-corrected chi connectivity index (χ0v) is 18.3. The van der Waals surface area contributed by atoms with Crippen LogP contribution in [0.4, 0.5) is 24.7 Å². The van der Waals surface area contributed by atoms with E-state index in [4.69, 9.17) is 0 Å². The normalized spacial score (nSPS) is 15.9. The van der Waals surface area contributed by atoms with E-state index in [1.54, 1.807) is 18.3 Å². The van der Waals surface area contributed by atoms with Crippen molar-refractivity contribution < 1.29 is 18.3 Å². The van der Waals surface area contributed by atoms with Crippen LogP contribution >= 0.6 is 0 Å². The van der Waals surface area contributed by atoms with Gasteiger partial charge in [-0.1, -0.05) is 49.6 Å². The smallest absolute Gasteiger partial charge is 0.374 e. The number of halogens is 3. The summed E-state index contributed by atoms with van der Waals surface area (Å²) in [5.41, 5.74) is 2.33. The highest BCUT2D eigenvalue weighted by atomic mass is 19.4. The van der Waals surface area contributed by atoms with Crippen LogP contribution in [0.3, 0.4) is 0 Å². The lowest BCUT2D eigenvalue weighted by molar-refractivity contribution is -0.137. The van der Waals surface area contributed by atoms with Gasteiger partial charge in [0, 0.05) is 17.9 Å². The number of benzene rings is 2. The molecule has 0 spiro atoms. The van der Waals surface area contributed by atoms with E-state index in [1.807, 2.05) is 30.3 Å². The molecule has 1 aromatic heterocycles. The van der Waals surface area contributed by atoms with Crippen LogP contribution in [0.5, 0.6) is 0 Å². The molecule has 4 rings (SSSR count). The molecule has 0 amide bonds. The van der Waals surface area contributed by atoms with Crippen LogP contribution in [-0.4, -0.2) is 16.1 Å². The van der Waals surface area contributed by atoms with Gasteiger partial charge in [-0.25, -0.2) is 4.98 Å². The lowest BCUT2D eigenvalue weighted by Crippen LogP contribution is -2.34. The van der Waals surface area contributed by atoms with Crippen molar-refractivity contribution in [2.75, 3.05) is 5.32 Å². The van der Waals surface area contributed by atoms with Crippen LogP contribution in [0, 0.1) is 0 Å². The zero-order valence-electron chi connectivity index (χ0n) is 18.3. The quantitative estimate of drug-likeness (QED) is 0.364. The molecule has 3 N–H and O–H groups in total. The van der Waals surface area contributed by atoms with Crippen molar-refractivity contribution in [2.24, 2.45) is 0 Å². The Kier molecular flexibility index (Phi) is 7.30. The van der Waals surface area contributed by atoms with Crippen LogP contribution < -0.4 is 10.6 Å². The lowest BCUT2D eigenvalue weighted by atomic mass is 9.95. The summed E-state index contributed by atoms with van der Waals surface area (Å²) < 4.78 is 39.0. The van der Waals surface area contributed by atoms with Gasteiger partial charge in [0.15, 0.2) is 0 Å². The Bertz CT molecular complexity index is 1060. The maximum Gasteiger partial charge on any atom is 0.416 e. The highest BCUT2D eigenvalue weighted by Crippen LogP contribution is 2.30. The van der Waals surface area contributed by atoms with Gasteiger partial charge in [0.25, 0.3) is 0 Å². The first-order valence-corrected chi connectivity index (χ1v) is 11.3. The monoisotopic (exact) mass is 455 g/mol. The van der Waals surface area contributed by atoms with Gasteiger partial charge in [-0.05, 0) is 66.3 Å². The van der Waals surface area contributed by atoms with Crippen molar-refractivity contribution >= 4 is 11.5 Å². The van der Waals surface area contributed by atoms with E-state index < -0.39 is 18.0 Å². The van der Waals surface area contributed by atoms with Crippen LogP contribution in [0.1, 0.15) is 60.6 Å². The fourth-order valence-electron chi connectivity index (χ4n) is 4.27. The van der Waals surface area contributed by atoms with Crippen molar-refractivity contribution in [3.63, 3.8) is 0 Å². The van der Waals surface area contributed by atoms with Crippen LogP contribution in [0.15, 0.2) is 66.9 Å². The minimum atomic E-state index is -4.36. The molecule has 1 saturated carbocycles. The van der Waals surface area contributed by atoms with Gasteiger partial charge in [0.05, 0.1) is 5.56 Å². The fourth-order valence-corrected chi connectivity index (χ4v) is 4.27. The van der Waals surface area contributed by atoms with Crippen LogP contribution in [0.2, 0.25) is 0 Å². The van der Waals surface area contributed by atoms with E-state index >= 15 is 0 Å². The van der Waals surface area contributed by atoms with E-state index in [0.717, 1.165) is 35.7 Å². The largest absolute Gasteiger partial charge is 0.416 e. The fraction of sp³-hybridized carbons (Fsp3) is 0.346. The Morgan fingerprint density at radius 3 is 2.48 bits per heavy atom. The Morgan fingerprint density at radius 2 is 1.70 bits per heavy atom. The Labute approximate surface area is 191 Å². The second-order valence-corrected chi connectivity index (χ2v) is 8.58. The number of pyridine rings is 1. The summed E-state index contributed by atoms with van der Waals surface area (Å²) in [6, 6.07) is 16.8. The number of aliphatic hydroxyl groups excluding tert-OH is 1. The number of nitrogens with zero attached hydrogens (tertiary/aromatic N) is 1. The predicted octanol–water partition coefficient (Wildman–Crippen LogP) is 6.35. The molecule has 1 unspecified atom stereocenters. The maximum atomic E-state index is 13.0. The summed E-state index contributed by atoms with van der Waals surface area (Å²) in [7, 11) is 0. The van der Waals surface area contributed by atoms with Crippen molar-refractivity contribution in [2.45, 2.75) is 57.0 Å². The average molecular weight is 456 g/mol.